The summed E-state index contributed by atoms with van der Waals surface area (Å²) in [5, 5.41) is 3.34. The molecule has 0 saturated carbocycles. The summed E-state index contributed by atoms with van der Waals surface area (Å²) < 4.78 is 20.2. The maximum absolute atomic E-state index is 14.3. The van der Waals surface area contributed by atoms with Crippen molar-refractivity contribution in [3.05, 3.63) is 58.2 Å². The van der Waals surface area contributed by atoms with Crippen LogP contribution in [0.15, 0.2) is 36.4 Å². The standard InChI is InChI=1S/C21H19FN2O3S/c1-12(25)24-9-8-13-10-14(6-7-17(13)24)23-21(26)20-15(11-27-2)19-16(22)4-3-5-18(19)28-20/h3-7,10H,8-9,11H2,1-2H3,(H,23,26). The molecular weight excluding hydrogens is 379 g/mol. The predicted molar refractivity (Wildman–Crippen MR) is 109 cm³/mol. The number of hydrogen-bond acceptors (Lipinski definition) is 4. The molecule has 2 amide bonds. The smallest absolute Gasteiger partial charge is 0.266 e. The lowest BCUT2D eigenvalue weighted by molar-refractivity contribution is -0.116. The van der Waals surface area contributed by atoms with Crippen LogP contribution in [0.4, 0.5) is 15.8 Å². The minimum absolute atomic E-state index is 0.00652. The Morgan fingerprint density at radius 1 is 1.29 bits per heavy atom. The van der Waals surface area contributed by atoms with Gasteiger partial charge in [0.05, 0.1) is 11.5 Å². The highest BCUT2D eigenvalue weighted by Gasteiger charge is 2.24. The van der Waals surface area contributed by atoms with Gasteiger partial charge in [0.2, 0.25) is 5.91 Å². The molecular formula is C21H19FN2O3S. The fourth-order valence-electron chi connectivity index (χ4n) is 3.63. The van der Waals surface area contributed by atoms with Crippen molar-refractivity contribution in [1.29, 1.82) is 0 Å². The Morgan fingerprint density at radius 3 is 2.86 bits per heavy atom. The first-order chi connectivity index (χ1) is 13.5. The van der Waals surface area contributed by atoms with Gasteiger partial charge in [0.1, 0.15) is 5.82 Å². The number of nitrogens with zero attached hydrogens (tertiary/aromatic N) is 1. The van der Waals surface area contributed by atoms with Crippen molar-refractivity contribution >= 4 is 44.6 Å². The number of nitrogens with one attached hydrogen (secondary N) is 1. The molecule has 2 aromatic carbocycles. The minimum Gasteiger partial charge on any atom is -0.380 e. The summed E-state index contributed by atoms with van der Waals surface area (Å²) in [6.07, 6.45) is 0.752. The lowest BCUT2D eigenvalue weighted by Gasteiger charge is -2.15. The van der Waals surface area contributed by atoms with Gasteiger partial charge in [0, 0.05) is 47.6 Å². The summed E-state index contributed by atoms with van der Waals surface area (Å²) in [6, 6.07) is 10.3. The quantitative estimate of drug-likeness (QED) is 0.711. The second kappa shape index (κ2) is 7.33. The molecule has 0 aliphatic carbocycles. The van der Waals surface area contributed by atoms with Gasteiger partial charge in [-0.3, -0.25) is 9.59 Å². The first-order valence-corrected chi connectivity index (χ1v) is 9.72. The molecule has 1 N–H and O–H groups in total. The highest BCUT2D eigenvalue weighted by molar-refractivity contribution is 7.21. The van der Waals surface area contributed by atoms with E-state index >= 15 is 0 Å². The molecule has 1 aromatic heterocycles. The van der Waals surface area contributed by atoms with Crippen molar-refractivity contribution in [1.82, 2.24) is 0 Å². The number of halogens is 1. The number of thiophene rings is 1. The number of fused-ring (bicyclic) bond motifs is 2. The topological polar surface area (TPSA) is 58.6 Å². The van der Waals surface area contributed by atoms with Crippen molar-refractivity contribution in [2.45, 2.75) is 20.0 Å². The first-order valence-electron chi connectivity index (χ1n) is 8.91. The van der Waals surface area contributed by atoms with Gasteiger partial charge in [-0.2, -0.15) is 0 Å². The fraction of sp³-hybridized carbons (Fsp3) is 0.238. The summed E-state index contributed by atoms with van der Waals surface area (Å²) in [5.41, 5.74) is 3.11. The van der Waals surface area contributed by atoms with E-state index in [2.05, 4.69) is 5.32 Å². The van der Waals surface area contributed by atoms with E-state index in [9.17, 15) is 14.0 Å². The lowest BCUT2D eigenvalue weighted by atomic mass is 10.1. The number of hydrogen-bond donors (Lipinski definition) is 1. The number of ether oxygens (including phenoxy) is 1. The van der Waals surface area contributed by atoms with Crippen LogP contribution in [0.3, 0.4) is 0 Å². The van der Waals surface area contributed by atoms with Crippen LogP contribution in [0.5, 0.6) is 0 Å². The summed E-state index contributed by atoms with van der Waals surface area (Å²) in [7, 11) is 1.52. The molecule has 3 aromatic rings. The van der Waals surface area contributed by atoms with Gasteiger partial charge in [-0.15, -0.1) is 11.3 Å². The van der Waals surface area contributed by atoms with E-state index in [0.717, 1.165) is 17.7 Å². The first kappa shape index (κ1) is 18.6. The molecule has 5 nitrogen and oxygen atoms in total. The highest BCUT2D eigenvalue weighted by atomic mass is 32.1. The summed E-state index contributed by atoms with van der Waals surface area (Å²) in [5.74, 6) is -0.650. The molecule has 0 bridgehead atoms. The molecule has 0 radical (unpaired) electrons. The lowest BCUT2D eigenvalue weighted by Crippen LogP contribution is -2.25. The van der Waals surface area contributed by atoms with Gasteiger partial charge in [0.15, 0.2) is 0 Å². The Morgan fingerprint density at radius 2 is 2.11 bits per heavy atom. The van der Waals surface area contributed by atoms with Gasteiger partial charge in [-0.05, 0) is 42.3 Å². The molecule has 1 aliphatic heterocycles. The maximum Gasteiger partial charge on any atom is 0.266 e. The number of carbonyl (C=O) groups excluding carboxylic acids is 2. The van der Waals surface area contributed by atoms with Crippen LogP contribution in [0.1, 0.15) is 27.7 Å². The van der Waals surface area contributed by atoms with E-state index in [4.69, 9.17) is 4.74 Å². The molecule has 0 atom stereocenters. The predicted octanol–water partition coefficient (Wildman–Crippen LogP) is 4.35. The number of amides is 2. The van der Waals surface area contributed by atoms with Crippen LogP contribution in [0.2, 0.25) is 0 Å². The Bertz CT molecular complexity index is 1090. The SMILES string of the molecule is COCc1c(C(=O)Nc2ccc3c(c2)CCN3C(C)=O)sc2cccc(F)c12. The Kier molecular flexibility index (Phi) is 4.87. The highest BCUT2D eigenvalue weighted by Crippen LogP contribution is 2.35. The van der Waals surface area contributed by atoms with Crippen LogP contribution in [0.25, 0.3) is 10.1 Å². The van der Waals surface area contributed by atoms with Crippen LogP contribution in [0, 0.1) is 5.82 Å². The average Bonchev–Trinajstić information content (AvgIpc) is 3.24. The third-order valence-electron chi connectivity index (χ3n) is 4.87. The molecule has 2 heterocycles. The molecule has 0 fully saturated rings. The number of rotatable bonds is 4. The van der Waals surface area contributed by atoms with Crippen molar-refractivity contribution < 1.29 is 18.7 Å². The molecule has 0 saturated heterocycles. The van der Waals surface area contributed by atoms with Crippen molar-refractivity contribution in [2.24, 2.45) is 0 Å². The van der Waals surface area contributed by atoms with E-state index in [-0.39, 0.29) is 24.2 Å². The van der Waals surface area contributed by atoms with Crippen molar-refractivity contribution in [2.75, 3.05) is 23.9 Å². The van der Waals surface area contributed by atoms with Crippen LogP contribution >= 0.6 is 11.3 Å². The number of carbonyl (C=O) groups is 2. The van der Waals surface area contributed by atoms with Gasteiger partial charge in [-0.1, -0.05) is 6.07 Å². The maximum atomic E-state index is 14.3. The van der Waals surface area contributed by atoms with Gasteiger partial charge in [-0.25, -0.2) is 4.39 Å². The summed E-state index contributed by atoms with van der Waals surface area (Å²) >= 11 is 1.25. The molecule has 28 heavy (non-hydrogen) atoms. The van der Waals surface area contributed by atoms with E-state index < -0.39 is 0 Å². The van der Waals surface area contributed by atoms with Gasteiger partial charge in [0.25, 0.3) is 5.91 Å². The Labute approximate surface area is 165 Å². The van der Waals surface area contributed by atoms with Crippen LogP contribution < -0.4 is 10.2 Å². The zero-order valence-electron chi connectivity index (χ0n) is 15.5. The summed E-state index contributed by atoms with van der Waals surface area (Å²) in [4.78, 5) is 26.8. The number of benzene rings is 2. The fourth-order valence-corrected chi connectivity index (χ4v) is 4.74. The van der Waals surface area contributed by atoms with E-state index in [1.807, 2.05) is 12.1 Å². The second-order valence-corrected chi connectivity index (χ2v) is 7.73. The van der Waals surface area contributed by atoms with E-state index in [1.165, 1.54) is 24.5 Å². The average molecular weight is 398 g/mol. The molecule has 7 heteroatoms. The van der Waals surface area contributed by atoms with Gasteiger partial charge >= 0.3 is 0 Å². The zero-order valence-corrected chi connectivity index (χ0v) is 16.4. The third-order valence-corrected chi connectivity index (χ3v) is 6.07. The van der Waals surface area contributed by atoms with E-state index in [0.29, 0.717) is 32.8 Å². The Hall–Kier alpha value is -2.77. The molecule has 1 aliphatic rings. The molecule has 0 spiro atoms. The molecule has 4 rings (SSSR count). The monoisotopic (exact) mass is 398 g/mol. The largest absolute Gasteiger partial charge is 0.380 e. The molecule has 0 unspecified atom stereocenters. The second-order valence-electron chi connectivity index (χ2n) is 6.67. The number of methoxy groups -OCH3 is 1. The van der Waals surface area contributed by atoms with Gasteiger partial charge < -0.3 is 15.0 Å². The van der Waals surface area contributed by atoms with E-state index in [1.54, 1.807) is 30.0 Å². The Balaban J connectivity index is 1.65. The van der Waals surface area contributed by atoms with Crippen LogP contribution in [-0.4, -0.2) is 25.5 Å². The summed E-state index contributed by atoms with van der Waals surface area (Å²) in [6.45, 7) is 2.35. The zero-order chi connectivity index (χ0) is 19.8. The van der Waals surface area contributed by atoms with Crippen LogP contribution in [-0.2, 0) is 22.6 Å². The van der Waals surface area contributed by atoms with Crippen molar-refractivity contribution in [3.8, 4) is 0 Å². The number of anilines is 2. The van der Waals surface area contributed by atoms with Crippen molar-refractivity contribution in [3.63, 3.8) is 0 Å². The minimum atomic E-state index is -0.360. The third kappa shape index (κ3) is 3.16. The normalized spacial score (nSPS) is 13.0. The molecule has 144 valence electrons.